The Morgan fingerprint density at radius 2 is 2.08 bits per heavy atom. The van der Waals surface area contributed by atoms with Gasteiger partial charge in [0.1, 0.15) is 6.54 Å². The highest BCUT2D eigenvalue weighted by molar-refractivity contribution is 8.00. The Balaban J connectivity index is 1.60. The lowest BCUT2D eigenvalue weighted by molar-refractivity contribution is -0.116. The number of amides is 1. The van der Waals surface area contributed by atoms with Gasteiger partial charge in [0.2, 0.25) is 5.91 Å². The number of rotatable bonds is 4. The predicted molar refractivity (Wildman–Crippen MR) is 106 cm³/mol. The summed E-state index contributed by atoms with van der Waals surface area (Å²) in [5.41, 5.74) is 2.61. The van der Waals surface area contributed by atoms with E-state index in [4.69, 9.17) is 0 Å². The van der Waals surface area contributed by atoms with Crippen molar-refractivity contribution < 1.29 is 4.79 Å². The van der Waals surface area contributed by atoms with Crippen LogP contribution in [-0.4, -0.2) is 26.7 Å². The van der Waals surface area contributed by atoms with Crippen LogP contribution in [0.3, 0.4) is 0 Å². The van der Waals surface area contributed by atoms with Crippen LogP contribution >= 0.6 is 23.1 Å². The number of hydrogen-bond acceptors (Lipinski definition) is 6. The Bertz CT molecular complexity index is 1180. The second-order valence-corrected chi connectivity index (χ2v) is 7.67. The van der Waals surface area contributed by atoms with E-state index < -0.39 is 0 Å². The van der Waals surface area contributed by atoms with Crippen molar-refractivity contribution >= 4 is 55.9 Å². The fourth-order valence-electron chi connectivity index (χ4n) is 2.69. The van der Waals surface area contributed by atoms with Gasteiger partial charge in [0.05, 0.1) is 27.4 Å². The zero-order valence-electron chi connectivity index (χ0n) is 13.8. The fourth-order valence-corrected chi connectivity index (χ4v) is 4.22. The van der Waals surface area contributed by atoms with Crippen LogP contribution in [0.4, 0.5) is 5.69 Å². The minimum Gasteiger partial charge on any atom is -0.324 e. The van der Waals surface area contributed by atoms with Crippen LogP contribution in [0.2, 0.25) is 0 Å². The molecule has 1 amide bonds. The number of nitrogens with one attached hydrogen (secondary N) is 1. The SMILES string of the molecule is CSc1nc2ccc(NC(=O)Cn3c(=O)cnc4ccccc43)cc2s1. The van der Waals surface area contributed by atoms with E-state index >= 15 is 0 Å². The minimum absolute atomic E-state index is 0.0708. The summed E-state index contributed by atoms with van der Waals surface area (Å²) in [6.07, 6.45) is 3.22. The second-order valence-electron chi connectivity index (χ2n) is 5.59. The second kappa shape index (κ2) is 6.89. The van der Waals surface area contributed by atoms with Gasteiger partial charge in [-0.15, -0.1) is 11.3 Å². The Kier molecular flexibility index (Phi) is 4.44. The van der Waals surface area contributed by atoms with E-state index in [9.17, 15) is 9.59 Å². The van der Waals surface area contributed by atoms with Gasteiger partial charge in [0.15, 0.2) is 4.34 Å². The van der Waals surface area contributed by atoms with E-state index in [1.807, 2.05) is 42.7 Å². The van der Waals surface area contributed by atoms with Crippen LogP contribution in [0.5, 0.6) is 0 Å². The smallest absolute Gasteiger partial charge is 0.269 e. The highest BCUT2D eigenvalue weighted by Gasteiger charge is 2.10. The summed E-state index contributed by atoms with van der Waals surface area (Å²) in [5.74, 6) is -0.266. The zero-order valence-corrected chi connectivity index (χ0v) is 15.4. The number of nitrogens with zero attached hydrogens (tertiary/aromatic N) is 3. The summed E-state index contributed by atoms with van der Waals surface area (Å²) in [6.45, 7) is -0.0708. The summed E-state index contributed by atoms with van der Waals surface area (Å²) in [6, 6.07) is 12.9. The number of para-hydroxylation sites is 2. The molecule has 0 aliphatic heterocycles. The maximum Gasteiger partial charge on any atom is 0.269 e. The van der Waals surface area contributed by atoms with Crippen molar-refractivity contribution in [2.75, 3.05) is 11.6 Å². The molecule has 8 heteroatoms. The minimum atomic E-state index is -0.304. The normalized spacial score (nSPS) is 11.1. The molecule has 0 atom stereocenters. The molecule has 0 spiro atoms. The highest BCUT2D eigenvalue weighted by atomic mass is 32.2. The van der Waals surface area contributed by atoms with Crippen molar-refractivity contribution in [1.29, 1.82) is 0 Å². The van der Waals surface area contributed by atoms with Crippen LogP contribution in [0.15, 0.2) is 57.8 Å². The lowest BCUT2D eigenvalue weighted by Crippen LogP contribution is -2.27. The van der Waals surface area contributed by atoms with Crippen LogP contribution < -0.4 is 10.9 Å². The van der Waals surface area contributed by atoms with Crippen molar-refractivity contribution in [3.8, 4) is 0 Å². The van der Waals surface area contributed by atoms with Gasteiger partial charge < -0.3 is 5.32 Å². The molecule has 0 saturated carbocycles. The van der Waals surface area contributed by atoms with E-state index in [2.05, 4.69) is 15.3 Å². The zero-order chi connectivity index (χ0) is 18.1. The Hall–Kier alpha value is -2.71. The monoisotopic (exact) mass is 382 g/mol. The first-order chi connectivity index (χ1) is 12.6. The van der Waals surface area contributed by atoms with Crippen LogP contribution in [-0.2, 0) is 11.3 Å². The number of fused-ring (bicyclic) bond motifs is 2. The van der Waals surface area contributed by atoms with Crippen LogP contribution in [0.1, 0.15) is 0 Å². The third kappa shape index (κ3) is 3.21. The summed E-state index contributed by atoms with van der Waals surface area (Å²) >= 11 is 3.18. The molecule has 26 heavy (non-hydrogen) atoms. The van der Waals surface area contributed by atoms with Crippen molar-refractivity contribution in [1.82, 2.24) is 14.5 Å². The number of aromatic nitrogens is 3. The molecule has 130 valence electrons. The average molecular weight is 382 g/mol. The number of carbonyl (C=O) groups excluding carboxylic acids is 1. The van der Waals surface area contributed by atoms with Gasteiger partial charge in [0.25, 0.3) is 5.56 Å². The molecule has 2 aromatic carbocycles. The lowest BCUT2D eigenvalue weighted by Gasteiger charge is -2.10. The molecule has 0 radical (unpaired) electrons. The molecule has 4 rings (SSSR count). The van der Waals surface area contributed by atoms with E-state index in [0.29, 0.717) is 16.7 Å². The first-order valence-corrected chi connectivity index (χ1v) is 9.87. The van der Waals surface area contributed by atoms with E-state index in [-0.39, 0.29) is 18.0 Å². The summed E-state index contributed by atoms with van der Waals surface area (Å²) in [7, 11) is 0. The molecule has 2 heterocycles. The van der Waals surface area contributed by atoms with Crippen molar-refractivity contribution in [3.63, 3.8) is 0 Å². The van der Waals surface area contributed by atoms with Crippen LogP contribution in [0, 0.1) is 0 Å². The molecular weight excluding hydrogens is 368 g/mol. The molecule has 0 bridgehead atoms. The molecule has 4 aromatic rings. The van der Waals surface area contributed by atoms with Crippen LogP contribution in [0.25, 0.3) is 21.3 Å². The first-order valence-electron chi connectivity index (χ1n) is 7.83. The van der Waals surface area contributed by atoms with Gasteiger partial charge >= 0.3 is 0 Å². The largest absolute Gasteiger partial charge is 0.324 e. The Labute approximate surface area is 156 Å². The van der Waals surface area contributed by atoms with Crippen molar-refractivity contribution in [2.45, 2.75) is 10.9 Å². The third-order valence-electron chi connectivity index (χ3n) is 3.88. The van der Waals surface area contributed by atoms with Gasteiger partial charge in [-0.1, -0.05) is 23.9 Å². The number of carbonyl (C=O) groups is 1. The van der Waals surface area contributed by atoms with E-state index in [0.717, 1.165) is 14.6 Å². The van der Waals surface area contributed by atoms with Gasteiger partial charge in [-0.3, -0.25) is 14.2 Å². The third-order valence-corrected chi connectivity index (χ3v) is 5.88. The number of benzene rings is 2. The number of thiazole rings is 1. The van der Waals surface area contributed by atoms with Gasteiger partial charge in [-0.25, -0.2) is 9.97 Å². The molecule has 2 aromatic heterocycles. The topological polar surface area (TPSA) is 76.9 Å². The molecule has 0 aliphatic carbocycles. The van der Waals surface area contributed by atoms with Crippen molar-refractivity contribution in [2.24, 2.45) is 0 Å². The van der Waals surface area contributed by atoms with Gasteiger partial charge in [-0.05, 0) is 36.6 Å². The fraction of sp³-hybridized carbons (Fsp3) is 0.111. The molecule has 0 aliphatic rings. The summed E-state index contributed by atoms with van der Waals surface area (Å²) < 4.78 is 3.42. The Morgan fingerprint density at radius 1 is 1.23 bits per heavy atom. The molecule has 0 unspecified atom stereocenters. The van der Waals surface area contributed by atoms with Gasteiger partial charge in [0, 0.05) is 5.69 Å². The maximum atomic E-state index is 12.5. The lowest BCUT2D eigenvalue weighted by atomic mass is 10.3. The van der Waals surface area contributed by atoms with Crippen molar-refractivity contribution in [3.05, 3.63) is 59.0 Å². The summed E-state index contributed by atoms with van der Waals surface area (Å²) in [4.78, 5) is 33.2. The molecule has 6 nitrogen and oxygen atoms in total. The number of thioether (sulfide) groups is 1. The molecular formula is C18H14N4O2S2. The molecule has 1 N–H and O–H groups in total. The molecule has 0 saturated heterocycles. The quantitative estimate of drug-likeness (QED) is 0.548. The molecule has 0 fully saturated rings. The maximum absolute atomic E-state index is 12.5. The standard InChI is InChI=1S/C18H14N4O2S2/c1-25-18-21-13-7-6-11(8-15(13)26-18)20-16(23)10-22-14-5-3-2-4-12(14)19-9-17(22)24/h2-9H,10H2,1H3,(H,20,23). The first kappa shape index (κ1) is 16.7. The number of hydrogen-bond donors (Lipinski definition) is 1. The summed E-state index contributed by atoms with van der Waals surface area (Å²) in [5, 5.41) is 2.85. The Morgan fingerprint density at radius 3 is 2.92 bits per heavy atom. The van der Waals surface area contributed by atoms with E-state index in [1.165, 1.54) is 10.8 Å². The average Bonchev–Trinajstić information content (AvgIpc) is 3.06. The van der Waals surface area contributed by atoms with Gasteiger partial charge in [-0.2, -0.15) is 0 Å². The predicted octanol–water partition coefficient (Wildman–Crippen LogP) is 3.37. The highest BCUT2D eigenvalue weighted by Crippen LogP contribution is 2.29. The van der Waals surface area contributed by atoms with E-state index in [1.54, 1.807) is 29.2 Å². The number of anilines is 1.